The molecule has 2 aromatic rings. The van der Waals surface area contributed by atoms with Crippen LogP contribution in [0.5, 0.6) is 0 Å². The van der Waals surface area contributed by atoms with Crippen molar-refractivity contribution in [2.45, 2.75) is 26.5 Å². The Kier molecular flexibility index (Phi) is 5.11. The molecule has 0 N–H and O–H groups in total. The molecule has 0 aliphatic carbocycles. The number of anilines is 1. The number of morpholine rings is 1. The molecule has 2 aromatic heterocycles. The topological polar surface area (TPSA) is 41.5 Å². The zero-order valence-corrected chi connectivity index (χ0v) is 15.0. The van der Waals surface area contributed by atoms with E-state index >= 15 is 0 Å². The summed E-state index contributed by atoms with van der Waals surface area (Å²) in [7, 11) is 4.11. The molecule has 1 saturated heterocycles. The highest BCUT2D eigenvalue weighted by molar-refractivity contribution is 5.47. The monoisotopic (exact) mass is 326 g/mol. The summed E-state index contributed by atoms with van der Waals surface area (Å²) in [5.74, 6) is 0. The van der Waals surface area contributed by atoms with Gasteiger partial charge in [-0.25, -0.2) is 0 Å². The van der Waals surface area contributed by atoms with Crippen LogP contribution in [0.4, 0.5) is 5.69 Å². The van der Waals surface area contributed by atoms with Crippen LogP contribution in [-0.4, -0.2) is 48.7 Å². The van der Waals surface area contributed by atoms with Crippen LogP contribution in [0.25, 0.3) is 0 Å². The predicted molar refractivity (Wildman–Crippen MR) is 96.2 cm³/mol. The molecule has 0 radical (unpaired) electrons. The average molecular weight is 326 g/mol. The molecule has 1 fully saturated rings. The largest absolute Gasteiger partial charge is 0.378 e. The quantitative estimate of drug-likeness (QED) is 0.864. The second kappa shape index (κ2) is 7.28. The van der Waals surface area contributed by atoms with E-state index in [0.717, 1.165) is 37.6 Å². The lowest BCUT2D eigenvalue weighted by Crippen LogP contribution is -2.38. The minimum atomic E-state index is 0.0225. The van der Waals surface area contributed by atoms with Gasteiger partial charge in [0.25, 0.3) is 0 Å². The Hall–Kier alpha value is -1.98. The molecule has 1 atom stereocenters. The standard InChI is InChI=1S/C19H26N4O/c1-14-5-6-20-11-16(14)12-23-7-8-24-19(13-23)18-10-17(22(3)4)9-15(2)21-18/h5-6,9-11,19H,7-8,12-13H2,1-4H3/t19-/m0/s1. The van der Waals surface area contributed by atoms with Crippen LogP contribution < -0.4 is 4.90 Å². The van der Waals surface area contributed by atoms with E-state index in [1.807, 2.05) is 19.3 Å². The summed E-state index contributed by atoms with van der Waals surface area (Å²) in [6, 6.07) is 6.30. The Morgan fingerprint density at radius 3 is 2.88 bits per heavy atom. The third-order valence-corrected chi connectivity index (χ3v) is 4.50. The molecule has 0 spiro atoms. The summed E-state index contributed by atoms with van der Waals surface area (Å²) in [6.07, 6.45) is 3.84. The minimum absolute atomic E-state index is 0.0225. The molecule has 1 aliphatic rings. The maximum Gasteiger partial charge on any atom is 0.112 e. The number of aromatic nitrogens is 2. The number of hydrogen-bond acceptors (Lipinski definition) is 5. The second-order valence-corrected chi connectivity index (χ2v) is 6.68. The summed E-state index contributed by atoms with van der Waals surface area (Å²) in [6.45, 7) is 7.62. The van der Waals surface area contributed by atoms with Crippen LogP contribution in [0.2, 0.25) is 0 Å². The van der Waals surface area contributed by atoms with Gasteiger partial charge in [-0.15, -0.1) is 0 Å². The maximum absolute atomic E-state index is 6.01. The molecule has 5 heteroatoms. The number of aryl methyl sites for hydroxylation is 2. The van der Waals surface area contributed by atoms with Gasteiger partial charge in [0.05, 0.1) is 12.3 Å². The van der Waals surface area contributed by atoms with Crippen molar-refractivity contribution in [1.29, 1.82) is 0 Å². The van der Waals surface area contributed by atoms with Gasteiger partial charge < -0.3 is 9.64 Å². The number of nitrogens with zero attached hydrogens (tertiary/aromatic N) is 4. The molecule has 5 nitrogen and oxygen atoms in total. The molecule has 0 bridgehead atoms. The molecule has 0 saturated carbocycles. The average Bonchev–Trinajstić information content (AvgIpc) is 2.57. The Morgan fingerprint density at radius 2 is 2.12 bits per heavy atom. The van der Waals surface area contributed by atoms with E-state index in [2.05, 4.69) is 54.0 Å². The summed E-state index contributed by atoms with van der Waals surface area (Å²) < 4.78 is 6.01. The van der Waals surface area contributed by atoms with Crippen LogP contribution in [0, 0.1) is 13.8 Å². The van der Waals surface area contributed by atoms with Crippen molar-refractivity contribution in [3.05, 3.63) is 53.1 Å². The summed E-state index contributed by atoms with van der Waals surface area (Å²) in [5.41, 5.74) is 5.79. The molecule has 24 heavy (non-hydrogen) atoms. The van der Waals surface area contributed by atoms with Gasteiger partial charge in [0.2, 0.25) is 0 Å². The fourth-order valence-electron chi connectivity index (χ4n) is 3.03. The van der Waals surface area contributed by atoms with Gasteiger partial charge in [0.1, 0.15) is 6.10 Å². The van der Waals surface area contributed by atoms with Gasteiger partial charge in [-0.1, -0.05) is 0 Å². The number of hydrogen-bond donors (Lipinski definition) is 0. The molecular formula is C19H26N4O. The van der Waals surface area contributed by atoms with E-state index in [-0.39, 0.29) is 6.10 Å². The fourth-order valence-corrected chi connectivity index (χ4v) is 3.03. The van der Waals surface area contributed by atoms with Gasteiger partial charge in [-0.3, -0.25) is 14.9 Å². The van der Waals surface area contributed by atoms with E-state index in [0.29, 0.717) is 0 Å². The lowest BCUT2D eigenvalue weighted by molar-refractivity contribution is -0.0351. The SMILES string of the molecule is Cc1cc(N(C)C)cc([C@@H]2CN(Cc3cnccc3C)CCO2)n1. The highest BCUT2D eigenvalue weighted by atomic mass is 16.5. The lowest BCUT2D eigenvalue weighted by atomic mass is 10.1. The number of pyridine rings is 2. The second-order valence-electron chi connectivity index (χ2n) is 6.68. The molecule has 3 rings (SSSR count). The first-order valence-electron chi connectivity index (χ1n) is 8.42. The van der Waals surface area contributed by atoms with Gasteiger partial charge in [0.15, 0.2) is 0 Å². The Bertz CT molecular complexity index is 702. The van der Waals surface area contributed by atoms with Crippen molar-refractivity contribution >= 4 is 5.69 Å². The van der Waals surface area contributed by atoms with Crippen molar-refractivity contribution in [2.75, 3.05) is 38.7 Å². The highest BCUT2D eigenvalue weighted by Gasteiger charge is 2.24. The molecule has 128 valence electrons. The molecule has 3 heterocycles. The van der Waals surface area contributed by atoms with Crippen molar-refractivity contribution in [2.24, 2.45) is 0 Å². The summed E-state index contributed by atoms with van der Waals surface area (Å²) >= 11 is 0. The zero-order chi connectivity index (χ0) is 17.1. The van der Waals surface area contributed by atoms with Crippen LogP contribution in [0.3, 0.4) is 0 Å². The summed E-state index contributed by atoms with van der Waals surface area (Å²) in [4.78, 5) is 13.5. The number of rotatable bonds is 4. The normalized spacial score (nSPS) is 18.6. The first kappa shape index (κ1) is 16.9. The number of ether oxygens (including phenoxy) is 1. The lowest BCUT2D eigenvalue weighted by Gasteiger charge is -2.33. The molecular weight excluding hydrogens is 300 g/mol. The molecule has 1 aliphatic heterocycles. The van der Waals surface area contributed by atoms with Crippen LogP contribution >= 0.6 is 0 Å². The van der Waals surface area contributed by atoms with Crippen LogP contribution in [0.15, 0.2) is 30.6 Å². The van der Waals surface area contributed by atoms with Crippen LogP contribution in [0.1, 0.15) is 28.6 Å². The van der Waals surface area contributed by atoms with Gasteiger partial charge in [0, 0.05) is 57.5 Å². The Balaban J connectivity index is 1.75. The van der Waals surface area contributed by atoms with E-state index < -0.39 is 0 Å². The van der Waals surface area contributed by atoms with Crippen molar-refractivity contribution in [1.82, 2.24) is 14.9 Å². The molecule has 0 unspecified atom stereocenters. The Labute approximate surface area is 144 Å². The van der Waals surface area contributed by atoms with E-state index in [4.69, 9.17) is 9.72 Å². The van der Waals surface area contributed by atoms with Gasteiger partial charge >= 0.3 is 0 Å². The zero-order valence-electron chi connectivity index (χ0n) is 15.0. The predicted octanol–water partition coefficient (Wildman–Crippen LogP) is 2.73. The van der Waals surface area contributed by atoms with Crippen LogP contribution in [-0.2, 0) is 11.3 Å². The maximum atomic E-state index is 6.01. The van der Waals surface area contributed by atoms with Gasteiger partial charge in [-0.2, -0.15) is 0 Å². The van der Waals surface area contributed by atoms with Crippen molar-refractivity contribution < 1.29 is 4.74 Å². The first-order chi connectivity index (χ1) is 11.5. The first-order valence-corrected chi connectivity index (χ1v) is 8.42. The third kappa shape index (κ3) is 3.91. The van der Waals surface area contributed by atoms with Crippen molar-refractivity contribution in [3.8, 4) is 0 Å². The Morgan fingerprint density at radius 1 is 1.29 bits per heavy atom. The highest BCUT2D eigenvalue weighted by Crippen LogP contribution is 2.25. The summed E-state index contributed by atoms with van der Waals surface area (Å²) in [5, 5.41) is 0. The third-order valence-electron chi connectivity index (χ3n) is 4.50. The van der Waals surface area contributed by atoms with E-state index in [9.17, 15) is 0 Å². The van der Waals surface area contributed by atoms with E-state index in [1.165, 1.54) is 16.8 Å². The fraction of sp³-hybridized carbons (Fsp3) is 0.474. The van der Waals surface area contributed by atoms with Crippen molar-refractivity contribution in [3.63, 3.8) is 0 Å². The molecule has 0 aromatic carbocycles. The molecule has 0 amide bonds. The van der Waals surface area contributed by atoms with E-state index in [1.54, 1.807) is 0 Å². The smallest absolute Gasteiger partial charge is 0.112 e. The minimum Gasteiger partial charge on any atom is -0.378 e. The van der Waals surface area contributed by atoms with Gasteiger partial charge in [-0.05, 0) is 43.2 Å².